The second-order valence-corrected chi connectivity index (χ2v) is 2.39. The molecule has 0 saturated heterocycles. The van der Waals surface area contributed by atoms with Crippen molar-refractivity contribution < 1.29 is 0 Å². The van der Waals surface area contributed by atoms with Crippen LogP contribution in [0.4, 0.5) is 0 Å². The van der Waals surface area contributed by atoms with Gasteiger partial charge in [-0.25, -0.2) is 0 Å². The van der Waals surface area contributed by atoms with Crippen LogP contribution in [-0.4, -0.2) is 13.1 Å². The monoisotopic (exact) mass is 128 g/mol. The van der Waals surface area contributed by atoms with Crippen LogP contribution in [0.15, 0.2) is 12.3 Å². The number of nitrogens with two attached hydrogens (primary N) is 1. The maximum atomic E-state index is 5.37. The third-order valence-corrected chi connectivity index (χ3v) is 1.39. The van der Waals surface area contributed by atoms with Crippen LogP contribution in [0.2, 0.25) is 0 Å². The minimum absolute atomic E-state index is 0.547. The van der Waals surface area contributed by atoms with E-state index in [2.05, 4.69) is 18.8 Å². The fourth-order valence-corrected chi connectivity index (χ4v) is 0.546. The maximum Gasteiger partial charge on any atom is 0.00394 e. The molecule has 1 atom stereocenters. The van der Waals surface area contributed by atoms with E-state index in [9.17, 15) is 0 Å². The van der Waals surface area contributed by atoms with Crippen LogP contribution >= 0.6 is 0 Å². The molecule has 1 unspecified atom stereocenters. The highest BCUT2D eigenvalue weighted by Crippen LogP contribution is 1.98. The number of hydrogen-bond donors (Lipinski definition) is 2. The van der Waals surface area contributed by atoms with E-state index < -0.39 is 0 Å². The summed E-state index contributed by atoms with van der Waals surface area (Å²) in [5, 5.41) is 3.12. The predicted molar refractivity (Wildman–Crippen MR) is 41.1 cm³/mol. The number of hydrogen-bond acceptors (Lipinski definition) is 2. The first-order valence-corrected chi connectivity index (χ1v) is 3.27. The molecule has 54 valence electrons. The lowest BCUT2D eigenvalue weighted by molar-refractivity contribution is 0.563. The van der Waals surface area contributed by atoms with Gasteiger partial charge in [0.15, 0.2) is 0 Å². The molecule has 2 nitrogen and oxygen atoms in total. The first kappa shape index (κ1) is 8.50. The van der Waals surface area contributed by atoms with E-state index in [-0.39, 0.29) is 0 Å². The Morgan fingerprint density at radius 2 is 2.33 bits per heavy atom. The zero-order valence-corrected chi connectivity index (χ0v) is 6.28. The molecule has 0 aliphatic heterocycles. The van der Waals surface area contributed by atoms with E-state index in [1.807, 2.05) is 7.05 Å². The lowest BCUT2D eigenvalue weighted by Crippen LogP contribution is -2.21. The van der Waals surface area contributed by atoms with Gasteiger partial charge in [-0.1, -0.05) is 6.58 Å². The van der Waals surface area contributed by atoms with Gasteiger partial charge in [-0.05, 0) is 26.8 Å². The Bertz CT molecular complexity index is 88.9. The van der Waals surface area contributed by atoms with Crippen molar-refractivity contribution in [1.29, 1.82) is 0 Å². The fourth-order valence-electron chi connectivity index (χ4n) is 0.546. The summed E-state index contributed by atoms with van der Waals surface area (Å²) < 4.78 is 0. The summed E-state index contributed by atoms with van der Waals surface area (Å²) in [6.45, 7) is 5.74. The van der Waals surface area contributed by atoms with Gasteiger partial charge in [-0.15, -0.1) is 0 Å². The molecular formula is C7H16N2. The van der Waals surface area contributed by atoms with E-state index in [0.29, 0.717) is 6.04 Å². The highest BCUT2D eigenvalue weighted by atomic mass is 14.8. The lowest BCUT2D eigenvalue weighted by Gasteiger charge is -2.08. The Morgan fingerprint density at radius 3 is 2.67 bits per heavy atom. The van der Waals surface area contributed by atoms with Crippen LogP contribution in [0, 0.1) is 0 Å². The average Bonchev–Trinajstić information content (AvgIpc) is 1.83. The minimum Gasteiger partial charge on any atom is -0.403 e. The second-order valence-electron chi connectivity index (χ2n) is 2.39. The smallest absolute Gasteiger partial charge is 0.00394 e. The van der Waals surface area contributed by atoms with Crippen molar-refractivity contribution in [2.75, 3.05) is 7.05 Å². The molecule has 0 spiro atoms. The van der Waals surface area contributed by atoms with Gasteiger partial charge in [-0.2, -0.15) is 0 Å². The summed E-state index contributed by atoms with van der Waals surface area (Å²) in [5.74, 6) is 0. The van der Waals surface area contributed by atoms with Crippen molar-refractivity contribution in [3.8, 4) is 0 Å². The van der Waals surface area contributed by atoms with Crippen molar-refractivity contribution in [1.82, 2.24) is 5.32 Å². The summed E-state index contributed by atoms with van der Waals surface area (Å²) in [5.41, 5.74) is 6.15. The molecule has 0 heterocycles. The molecule has 0 aromatic heterocycles. The van der Waals surface area contributed by atoms with Crippen molar-refractivity contribution in [3.63, 3.8) is 0 Å². The molecule has 0 fully saturated rings. The predicted octanol–water partition coefficient (Wildman–Crippen LogP) is 0.847. The highest BCUT2D eigenvalue weighted by Gasteiger charge is 1.96. The Labute approximate surface area is 57.1 Å². The van der Waals surface area contributed by atoms with Crippen molar-refractivity contribution in [2.24, 2.45) is 5.73 Å². The molecular weight excluding hydrogens is 112 g/mol. The normalized spacial score (nSPS) is 13.1. The molecule has 0 radical (unpaired) electrons. The largest absolute Gasteiger partial charge is 0.403 e. The Kier molecular flexibility index (Phi) is 4.14. The summed E-state index contributed by atoms with van der Waals surface area (Å²) in [4.78, 5) is 0. The molecule has 0 saturated carbocycles. The van der Waals surface area contributed by atoms with Crippen LogP contribution < -0.4 is 11.1 Å². The summed E-state index contributed by atoms with van der Waals surface area (Å²) >= 11 is 0. The zero-order valence-electron chi connectivity index (χ0n) is 6.28. The molecule has 0 amide bonds. The Hall–Kier alpha value is -0.500. The number of nitrogens with one attached hydrogen (secondary N) is 1. The second kappa shape index (κ2) is 4.39. The zero-order chi connectivity index (χ0) is 7.28. The SMILES string of the molecule is C=C(N)CCC(C)NC. The van der Waals surface area contributed by atoms with Crippen LogP contribution in [0.1, 0.15) is 19.8 Å². The van der Waals surface area contributed by atoms with Gasteiger partial charge in [-0.3, -0.25) is 0 Å². The molecule has 0 rings (SSSR count). The average molecular weight is 128 g/mol. The standard InChI is InChI=1S/C7H16N2/c1-6(8)4-5-7(2)9-3/h7,9H,1,4-5,8H2,2-3H3. The van der Waals surface area contributed by atoms with Crippen LogP contribution in [0.25, 0.3) is 0 Å². The van der Waals surface area contributed by atoms with Crippen molar-refractivity contribution >= 4 is 0 Å². The number of allylic oxidation sites excluding steroid dienone is 1. The van der Waals surface area contributed by atoms with Crippen LogP contribution in [0.5, 0.6) is 0 Å². The van der Waals surface area contributed by atoms with E-state index in [1.165, 1.54) is 0 Å². The first-order valence-electron chi connectivity index (χ1n) is 3.27. The van der Waals surface area contributed by atoms with Crippen molar-refractivity contribution in [3.05, 3.63) is 12.3 Å². The van der Waals surface area contributed by atoms with Gasteiger partial charge in [0.1, 0.15) is 0 Å². The van der Waals surface area contributed by atoms with Gasteiger partial charge in [0, 0.05) is 11.7 Å². The quantitative estimate of drug-likeness (QED) is 0.589. The van der Waals surface area contributed by atoms with Crippen LogP contribution in [0.3, 0.4) is 0 Å². The van der Waals surface area contributed by atoms with Gasteiger partial charge in [0.25, 0.3) is 0 Å². The Balaban J connectivity index is 3.16. The van der Waals surface area contributed by atoms with E-state index in [1.54, 1.807) is 0 Å². The first-order chi connectivity index (χ1) is 4.16. The third kappa shape index (κ3) is 5.37. The minimum atomic E-state index is 0.547. The van der Waals surface area contributed by atoms with Gasteiger partial charge < -0.3 is 11.1 Å². The number of rotatable bonds is 4. The summed E-state index contributed by atoms with van der Waals surface area (Å²) in [6.07, 6.45) is 1.99. The molecule has 2 heteroatoms. The van der Waals surface area contributed by atoms with Crippen molar-refractivity contribution in [2.45, 2.75) is 25.8 Å². The summed E-state index contributed by atoms with van der Waals surface area (Å²) in [7, 11) is 1.95. The third-order valence-electron chi connectivity index (χ3n) is 1.39. The maximum absolute atomic E-state index is 5.37. The van der Waals surface area contributed by atoms with Gasteiger partial charge in [0.2, 0.25) is 0 Å². The molecule has 0 aromatic carbocycles. The highest BCUT2D eigenvalue weighted by molar-refractivity contribution is 4.86. The molecule has 0 bridgehead atoms. The topological polar surface area (TPSA) is 38.0 Å². The molecule has 0 aliphatic carbocycles. The van der Waals surface area contributed by atoms with Gasteiger partial charge in [0.05, 0.1) is 0 Å². The molecule has 0 aromatic rings. The molecule has 3 N–H and O–H groups in total. The fraction of sp³-hybridized carbons (Fsp3) is 0.714. The Morgan fingerprint density at radius 1 is 1.78 bits per heavy atom. The lowest BCUT2D eigenvalue weighted by atomic mass is 10.1. The van der Waals surface area contributed by atoms with Crippen LogP contribution in [-0.2, 0) is 0 Å². The van der Waals surface area contributed by atoms with E-state index in [4.69, 9.17) is 5.73 Å². The van der Waals surface area contributed by atoms with E-state index >= 15 is 0 Å². The molecule has 9 heavy (non-hydrogen) atoms. The van der Waals surface area contributed by atoms with E-state index in [0.717, 1.165) is 18.5 Å². The summed E-state index contributed by atoms with van der Waals surface area (Å²) in [6, 6.07) is 0.547. The molecule has 0 aliphatic rings. The van der Waals surface area contributed by atoms with Gasteiger partial charge >= 0.3 is 0 Å².